The van der Waals surface area contributed by atoms with Gasteiger partial charge in [0.2, 0.25) is 0 Å². The van der Waals surface area contributed by atoms with Gasteiger partial charge >= 0.3 is 24.5 Å². The maximum atomic E-state index is 13.8. The molecule has 12 nitrogen and oxygen atoms in total. The third-order valence-electron chi connectivity index (χ3n) is 8.70. The van der Waals surface area contributed by atoms with Gasteiger partial charge in [0.1, 0.15) is 22.5 Å². The van der Waals surface area contributed by atoms with Crippen LogP contribution < -0.4 is 10.6 Å². The molecule has 2 amide bonds. The Balaban J connectivity index is 0.000000252. The van der Waals surface area contributed by atoms with Crippen LogP contribution in [0.3, 0.4) is 0 Å². The fraction of sp³-hybridized carbons (Fsp3) is 0.243. The molecule has 2 N–H and O–H groups in total. The van der Waals surface area contributed by atoms with Crippen molar-refractivity contribution in [3.8, 4) is 11.5 Å². The molecule has 0 spiro atoms. The highest BCUT2D eigenvalue weighted by Crippen LogP contribution is 2.48. The number of nitrogens with zero attached hydrogens (tertiary/aromatic N) is 6. The van der Waals surface area contributed by atoms with Crippen LogP contribution >= 0.6 is 11.6 Å². The number of alkyl halides is 11. The maximum absolute atomic E-state index is 13.8. The van der Waals surface area contributed by atoms with Crippen molar-refractivity contribution in [3.63, 3.8) is 0 Å². The summed E-state index contributed by atoms with van der Waals surface area (Å²) in [6.07, 6.45) is -14.6. The highest BCUT2D eigenvalue weighted by atomic mass is 35.5. The molecule has 4 aromatic heterocycles. The fourth-order valence-corrected chi connectivity index (χ4v) is 6.89. The number of hydrogen-bond acceptors (Lipinski definition) is 8. The zero-order valence-electron chi connectivity index (χ0n) is 31.7. The minimum atomic E-state index is -6.41. The van der Waals surface area contributed by atoms with Gasteiger partial charge in [0.25, 0.3) is 11.8 Å². The second kappa shape index (κ2) is 17.3. The van der Waals surface area contributed by atoms with Crippen LogP contribution in [0.2, 0.25) is 5.02 Å². The number of hydrogen-bond donors (Lipinski definition) is 2. The Morgan fingerprint density at radius 3 is 2.08 bits per heavy atom. The average Bonchev–Trinajstić information content (AvgIpc) is 3.74. The molecule has 0 fully saturated rings. The number of aromatic nitrogens is 6. The molecular weight excluding hydrogens is 897 g/mol. The first-order chi connectivity index (χ1) is 28.7. The molecule has 0 atom stereocenters. The quantitative estimate of drug-likeness (QED) is 0.137. The minimum absolute atomic E-state index is 0.0119. The van der Waals surface area contributed by atoms with Crippen LogP contribution in [0.4, 0.5) is 54.0 Å². The number of halogens is 12. The van der Waals surface area contributed by atoms with Crippen LogP contribution in [-0.4, -0.2) is 61.5 Å². The van der Waals surface area contributed by atoms with Crippen LogP contribution in [0.25, 0.3) is 22.7 Å². The van der Waals surface area contributed by atoms with Gasteiger partial charge in [0, 0.05) is 38.7 Å². The number of fused-ring (bicyclic) bond motifs is 1. The normalized spacial score (nSPS) is 12.5. The van der Waals surface area contributed by atoms with E-state index >= 15 is 0 Å². The lowest BCUT2D eigenvalue weighted by atomic mass is 10.1. The number of imidazole rings is 1. The van der Waals surface area contributed by atoms with Crippen LogP contribution in [-0.2, 0) is 48.8 Å². The summed E-state index contributed by atoms with van der Waals surface area (Å²) in [4.78, 5) is 37.2. The van der Waals surface area contributed by atoms with Gasteiger partial charge in [-0.3, -0.25) is 19.3 Å². The van der Waals surface area contributed by atoms with Crippen LogP contribution in [0.15, 0.2) is 84.0 Å². The molecule has 0 saturated carbocycles. The van der Waals surface area contributed by atoms with Gasteiger partial charge in [-0.2, -0.15) is 53.4 Å². The van der Waals surface area contributed by atoms with Crippen LogP contribution in [0.1, 0.15) is 50.2 Å². The summed E-state index contributed by atoms with van der Waals surface area (Å²) >= 11 is 6.01. The molecule has 0 unspecified atom stereocenters. The second-order valence-corrected chi connectivity index (χ2v) is 15.5. The zero-order chi connectivity index (χ0) is 46.2. The standard InChI is InChI=1S/C22H15ClF8N4O2.C15H13F3N4O2S/c1-35-16(15(21(26,27)28)17(34-35)20(24,25)22(29,30)31)19(37)33-12-7-8-14(23)13(9-12)18(36)32-10-11-5-3-2-4-6-11;1-3-25(23,24)11-5-4-6-19-12(11)14-21-10-7-9(15(16,17)18)8-20-13(10)22(14)2/h2-9H,10H2,1H3,(H,32,36)(H,33,37);4-8H,3H2,1-2H3. The lowest BCUT2D eigenvalue weighted by Gasteiger charge is -2.19. The van der Waals surface area contributed by atoms with Crippen molar-refractivity contribution in [2.45, 2.75) is 42.8 Å². The summed E-state index contributed by atoms with van der Waals surface area (Å²) in [5.74, 6) is -8.42. The van der Waals surface area contributed by atoms with E-state index in [0.29, 0.717) is 7.05 Å². The molecular formula is C37H28ClF11N8O4S. The Morgan fingerprint density at radius 1 is 0.823 bits per heavy atom. The van der Waals surface area contributed by atoms with Gasteiger partial charge in [0.05, 0.1) is 26.8 Å². The summed E-state index contributed by atoms with van der Waals surface area (Å²) in [6, 6.07) is 15.6. The monoisotopic (exact) mass is 924 g/mol. The first-order valence-corrected chi connectivity index (χ1v) is 19.3. The molecule has 0 aliphatic carbocycles. The van der Waals surface area contributed by atoms with Gasteiger partial charge in [-0.05, 0) is 42.0 Å². The largest absolute Gasteiger partial charge is 0.459 e. The lowest BCUT2D eigenvalue weighted by Crippen LogP contribution is -2.36. The van der Waals surface area contributed by atoms with Gasteiger partial charge in [0.15, 0.2) is 27.0 Å². The van der Waals surface area contributed by atoms with E-state index in [4.69, 9.17) is 11.6 Å². The highest BCUT2D eigenvalue weighted by molar-refractivity contribution is 7.91. The van der Waals surface area contributed by atoms with Crippen molar-refractivity contribution < 1.29 is 66.3 Å². The molecule has 0 saturated heterocycles. The van der Waals surface area contributed by atoms with Gasteiger partial charge < -0.3 is 15.2 Å². The molecule has 62 heavy (non-hydrogen) atoms. The number of nitrogens with one attached hydrogen (secondary N) is 2. The average molecular weight is 925 g/mol. The number of anilines is 1. The number of pyridine rings is 2. The Labute approximate surface area is 347 Å². The SMILES string of the molecule is CCS(=O)(=O)c1cccnc1-c1nc2cc(C(F)(F)F)cnc2n1C.Cn1nc(C(F)(F)C(F)(F)F)c(C(F)(F)F)c1C(=O)Nc1ccc(Cl)c(C(=O)NCc2ccccc2)c1. The smallest absolute Gasteiger partial charge is 0.348 e. The number of amides is 2. The number of benzene rings is 2. The molecule has 0 aliphatic rings. The van der Waals surface area contributed by atoms with Gasteiger partial charge in [-0.25, -0.2) is 18.4 Å². The number of carbonyl (C=O) groups excluding carboxylic acids is 2. The maximum Gasteiger partial charge on any atom is 0.459 e. The van der Waals surface area contributed by atoms with E-state index in [2.05, 4.69) is 25.4 Å². The number of aryl methyl sites for hydroxylation is 2. The summed E-state index contributed by atoms with van der Waals surface area (Å²) in [5, 5.41) is 7.08. The van der Waals surface area contributed by atoms with Crippen LogP contribution in [0.5, 0.6) is 0 Å². The van der Waals surface area contributed by atoms with Crippen molar-refractivity contribution in [2.24, 2.45) is 14.1 Å². The van der Waals surface area contributed by atoms with Crippen molar-refractivity contribution >= 4 is 50.1 Å². The number of sulfone groups is 1. The predicted molar refractivity (Wildman–Crippen MR) is 200 cm³/mol. The summed E-state index contributed by atoms with van der Waals surface area (Å²) in [6.45, 7) is 1.59. The summed E-state index contributed by atoms with van der Waals surface area (Å²) in [5.41, 5.74) is -7.20. The minimum Gasteiger partial charge on any atom is -0.348 e. The topological polar surface area (TPSA) is 154 Å². The molecule has 0 bridgehead atoms. The third kappa shape index (κ3) is 9.80. The van der Waals surface area contributed by atoms with E-state index in [-0.39, 0.29) is 60.8 Å². The summed E-state index contributed by atoms with van der Waals surface area (Å²) in [7, 11) is -1.43. The van der Waals surface area contributed by atoms with E-state index in [1.54, 1.807) is 37.4 Å². The van der Waals surface area contributed by atoms with E-state index in [1.165, 1.54) is 29.8 Å². The third-order valence-corrected chi connectivity index (χ3v) is 10.8. The molecule has 25 heteroatoms. The van der Waals surface area contributed by atoms with Crippen molar-refractivity contribution in [3.05, 3.63) is 118 Å². The summed E-state index contributed by atoms with van der Waals surface area (Å²) < 4.78 is 171. The number of rotatable bonds is 9. The first kappa shape index (κ1) is 46.9. The zero-order valence-corrected chi connectivity index (χ0v) is 33.3. The molecule has 6 aromatic rings. The van der Waals surface area contributed by atoms with Crippen molar-refractivity contribution in [2.75, 3.05) is 11.1 Å². The Morgan fingerprint density at radius 2 is 1.48 bits per heavy atom. The molecule has 0 radical (unpaired) electrons. The Kier molecular flexibility index (Phi) is 13.1. The molecule has 6 rings (SSSR count). The molecule has 0 aliphatic heterocycles. The molecule has 330 valence electrons. The highest BCUT2D eigenvalue weighted by Gasteiger charge is 2.64. The van der Waals surface area contributed by atoms with E-state index in [0.717, 1.165) is 36.0 Å². The van der Waals surface area contributed by atoms with Gasteiger partial charge in [-0.1, -0.05) is 48.9 Å². The van der Waals surface area contributed by atoms with Crippen molar-refractivity contribution in [1.29, 1.82) is 0 Å². The van der Waals surface area contributed by atoms with E-state index < -0.39 is 68.6 Å². The number of carbonyl (C=O) groups is 2. The Hall–Kier alpha value is -6.17. The van der Waals surface area contributed by atoms with E-state index in [9.17, 15) is 66.3 Å². The fourth-order valence-electron chi connectivity index (χ4n) is 5.66. The molecule has 2 aromatic carbocycles. The Bertz CT molecular complexity index is 2750. The van der Waals surface area contributed by atoms with Gasteiger partial charge in [-0.15, -0.1) is 0 Å². The second-order valence-electron chi connectivity index (χ2n) is 12.9. The van der Waals surface area contributed by atoms with Crippen LogP contribution in [0, 0.1) is 0 Å². The first-order valence-electron chi connectivity index (χ1n) is 17.3. The molecule has 4 heterocycles. The predicted octanol–water partition coefficient (Wildman–Crippen LogP) is 8.77. The van der Waals surface area contributed by atoms with E-state index in [1.807, 2.05) is 5.32 Å². The van der Waals surface area contributed by atoms with Crippen molar-refractivity contribution in [1.82, 2.24) is 34.6 Å². The lowest BCUT2D eigenvalue weighted by molar-refractivity contribution is -0.292.